The van der Waals surface area contributed by atoms with Crippen LogP contribution in [0.25, 0.3) is 0 Å². The molecule has 9 heteroatoms. The fraction of sp³-hybridized carbons (Fsp3) is 0.714. The smallest absolute Gasteiger partial charge is 0.410 e. The molecule has 0 aromatic rings. The Morgan fingerprint density at radius 2 is 1.73 bits per heavy atom. The Bertz CT molecular complexity index is 893. The predicted molar refractivity (Wildman–Crippen MR) is 140 cm³/mol. The molecule has 37 heavy (non-hydrogen) atoms. The number of likely N-dealkylation sites (tertiary alicyclic amines) is 2. The van der Waals surface area contributed by atoms with E-state index in [0.29, 0.717) is 39.0 Å². The van der Waals surface area contributed by atoms with E-state index in [9.17, 15) is 19.2 Å². The molecule has 9 nitrogen and oxygen atoms in total. The Morgan fingerprint density at radius 3 is 2.30 bits per heavy atom. The van der Waals surface area contributed by atoms with Gasteiger partial charge in [-0.25, -0.2) is 4.79 Å². The Morgan fingerprint density at radius 1 is 1.05 bits per heavy atom. The number of hydrogen-bond acceptors (Lipinski definition) is 6. The number of carbonyl (C=O) groups is 4. The zero-order valence-electron chi connectivity index (χ0n) is 23.0. The highest BCUT2D eigenvalue weighted by Crippen LogP contribution is 2.28. The highest BCUT2D eigenvalue weighted by Gasteiger charge is 2.31. The zero-order valence-corrected chi connectivity index (χ0v) is 23.0. The summed E-state index contributed by atoms with van der Waals surface area (Å²) in [4.78, 5) is 53.5. The van der Waals surface area contributed by atoms with Gasteiger partial charge in [-0.15, -0.1) is 6.42 Å². The fourth-order valence-electron chi connectivity index (χ4n) is 4.74. The third kappa shape index (κ3) is 9.75. The largest absolute Gasteiger partial charge is 0.466 e. The topological polar surface area (TPSA) is 105 Å². The Balaban J connectivity index is 1.93. The molecule has 1 N–H and O–H groups in total. The molecule has 0 aromatic carbocycles. The first-order valence-electron chi connectivity index (χ1n) is 13.4. The second kappa shape index (κ2) is 14.1. The number of nitrogens with one attached hydrogen (secondary N) is 1. The van der Waals surface area contributed by atoms with Crippen LogP contribution in [0.4, 0.5) is 4.79 Å². The van der Waals surface area contributed by atoms with Crippen molar-refractivity contribution in [3.05, 3.63) is 11.6 Å². The Kier molecular flexibility index (Phi) is 11.5. The summed E-state index contributed by atoms with van der Waals surface area (Å²) in [6.07, 6.45) is 10.5. The van der Waals surface area contributed by atoms with Crippen molar-refractivity contribution in [1.82, 2.24) is 15.1 Å². The van der Waals surface area contributed by atoms with Crippen LogP contribution in [0.2, 0.25) is 0 Å². The van der Waals surface area contributed by atoms with E-state index in [0.717, 1.165) is 24.8 Å². The molecule has 2 heterocycles. The summed E-state index contributed by atoms with van der Waals surface area (Å²) in [5, 5.41) is 2.74. The number of ether oxygens (including phenoxy) is 2. The van der Waals surface area contributed by atoms with Crippen molar-refractivity contribution < 1.29 is 28.7 Å². The van der Waals surface area contributed by atoms with Crippen molar-refractivity contribution in [2.24, 2.45) is 11.8 Å². The van der Waals surface area contributed by atoms with Gasteiger partial charge < -0.3 is 24.6 Å². The van der Waals surface area contributed by atoms with Gasteiger partial charge in [0.05, 0.1) is 18.9 Å². The highest BCUT2D eigenvalue weighted by molar-refractivity contribution is 5.89. The first-order valence-corrected chi connectivity index (χ1v) is 13.4. The maximum absolute atomic E-state index is 13.1. The van der Waals surface area contributed by atoms with Gasteiger partial charge in [0.25, 0.3) is 0 Å². The van der Waals surface area contributed by atoms with Gasteiger partial charge >= 0.3 is 12.1 Å². The van der Waals surface area contributed by atoms with Crippen molar-refractivity contribution in [3.63, 3.8) is 0 Å². The van der Waals surface area contributed by atoms with Crippen LogP contribution in [-0.2, 0) is 23.9 Å². The number of allylic oxidation sites excluding steroid dienone is 1. The van der Waals surface area contributed by atoms with Crippen LogP contribution in [0.15, 0.2) is 11.6 Å². The maximum atomic E-state index is 13.1. The molecular formula is C28H43N3O6. The number of carbonyl (C=O) groups excluding carboxylic acids is 4. The second-order valence-electron chi connectivity index (χ2n) is 10.7. The highest BCUT2D eigenvalue weighted by atomic mass is 16.6. The molecule has 0 saturated carbocycles. The molecule has 0 unspecified atom stereocenters. The SMILES string of the molecule is C#C[C@H](CC(=O)OCC)NC(=O)[C@@H]1CCCN(C(=O)/C=C(\CC)C2CCN(C(=O)OC(C)(C)C)CC2)C1. The molecule has 3 amide bonds. The van der Waals surface area contributed by atoms with Gasteiger partial charge in [0.1, 0.15) is 11.6 Å². The van der Waals surface area contributed by atoms with E-state index in [1.165, 1.54) is 0 Å². The molecule has 2 atom stereocenters. The van der Waals surface area contributed by atoms with Gasteiger partial charge in [-0.05, 0) is 65.7 Å². The van der Waals surface area contributed by atoms with Crippen LogP contribution >= 0.6 is 0 Å². The average molecular weight is 518 g/mol. The summed E-state index contributed by atoms with van der Waals surface area (Å²) in [5.74, 6) is 1.48. The van der Waals surface area contributed by atoms with Gasteiger partial charge in [0, 0.05) is 32.3 Å². The van der Waals surface area contributed by atoms with Crippen molar-refractivity contribution in [2.75, 3.05) is 32.8 Å². The number of nitrogens with zero attached hydrogens (tertiary/aromatic N) is 2. The first kappa shape index (κ1) is 30.2. The third-order valence-electron chi connectivity index (χ3n) is 6.69. The van der Waals surface area contributed by atoms with Crippen LogP contribution < -0.4 is 5.32 Å². The van der Waals surface area contributed by atoms with E-state index in [2.05, 4.69) is 11.2 Å². The van der Waals surface area contributed by atoms with Gasteiger partial charge in [-0.2, -0.15) is 0 Å². The van der Waals surface area contributed by atoms with E-state index < -0.39 is 17.6 Å². The normalized spacial score (nSPS) is 20.0. The standard InChI is InChI=1S/C28H43N3O6/c1-7-20(21-12-15-30(16-13-21)27(35)37-28(4,5)6)17-24(32)31-14-10-11-22(19-31)26(34)29-23(8-2)18-25(33)36-9-3/h2,17,21-23H,7,9-16,18-19H2,1,3-6H3,(H,29,34)/b20-17+/t22-,23-/m1/s1. The molecule has 2 aliphatic rings. The van der Waals surface area contributed by atoms with Crippen LogP contribution in [0.3, 0.4) is 0 Å². The number of esters is 1. The molecule has 2 aliphatic heterocycles. The molecule has 206 valence electrons. The minimum absolute atomic E-state index is 0.0826. The number of rotatable bonds is 8. The molecule has 2 saturated heterocycles. The molecule has 0 spiro atoms. The van der Waals surface area contributed by atoms with E-state index >= 15 is 0 Å². The van der Waals surface area contributed by atoms with E-state index in [1.54, 1.807) is 22.8 Å². The Hall–Kier alpha value is -3.02. The second-order valence-corrected chi connectivity index (χ2v) is 10.7. The fourth-order valence-corrected chi connectivity index (χ4v) is 4.74. The van der Waals surface area contributed by atoms with Crippen molar-refractivity contribution in [3.8, 4) is 12.3 Å². The van der Waals surface area contributed by atoms with Gasteiger partial charge in [0.15, 0.2) is 0 Å². The van der Waals surface area contributed by atoms with E-state index in [1.807, 2.05) is 27.7 Å². The van der Waals surface area contributed by atoms with Gasteiger partial charge in [-0.1, -0.05) is 18.4 Å². The lowest BCUT2D eigenvalue weighted by molar-refractivity contribution is -0.143. The molecule has 2 rings (SSSR count). The van der Waals surface area contributed by atoms with Crippen molar-refractivity contribution in [1.29, 1.82) is 0 Å². The molecule has 0 aromatic heterocycles. The van der Waals surface area contributed by atoms with Crippen LogP contribution in [0.1, 0.15) is 73.1 Å². The molecular weight excluding hydrogens is 474 g/mol. The molecule has 2 fully saturated rings. The first-order chi connectivity index (χ1) is 17.5. The van der Waals surface area contributed by atoms with Gasteiger partial charge in [-0.3, -0.25) is 14.4 Å². The Labute approximate surface area is 221 Å². The molecule has 0 aliphatic carbocycles. The lowest BCUT2D eigenvalue weighted by Gasteiger charge is -2.35. The van der Waals surface area contributed by atoms with Crippen molar-refractivity contribution in [2.45, 2.75) is 84.8 Å². The summed E-state index contributed by atoms with van der Waals surface area (Å²) in [6, 6.07) is -0.740. The van der Waals surface area contributed by atoms with Crippen LogP contribution in [0.5, 0.6) is 0 Å². The summed E-state index contributed by atoms with van der Waals surface area (Å²) in [5.41, 5.74) is 0.544. The minimum atomic E-state index is -0.740. The van der Waals surface area contributed by atoms with E-state index in [-0.39, 0.29) is 42.8 Å². The average Bonchev–Trinajstić information content (AvgIpc) is 2.86. The van der Waals surface area contributed by atoms with Gasteiger partial charge in [0.2, 0.25) is 11.8 Å². The number of piperidine rings is 2. The van der Waals surface area contributed by atoms with E-state index in [4.69, 9.17) is 15.9 Å². The summed E-state index contributed by atoms with van der Waals surface area (Å²) in [6.45, 7) is 11.7. The third-order valence-corrected chi connectivity index (χ3v) is 6.69. The van der Waals surface area contributed by atoms with Crippen LogP contribution in [-0.4, -0.2) is 78.1 Å². The molecule has 0 bridgehead atoms. The maximum Gasteiger partial charge on any atom is 0.410 e. The zero-order chi connectivity index (χ0) is 27.6. The lowest BCUT2D eigenvalue weighted by Crippen LogP contribution is -2.47. The quantitative estimate of drug-likeness (QED) is 0.301. The van der Waals surface area contributed by atoms with Crippen LogP contribution in [0, 0.1) is 24.2 Å². The minimum Gasteiger partial charge on any atom is -0.466 e. The lowest BCUT2D eigenvalue weighted by atomic mass is 9.87. The molecule has 0 radical (unpaired) electrons. The van der Waals surface area contributed by atoms with Crippen molar-refractivity contribution >= 4 is 23.9 Å². The summed E-state index contributed by atoms with van der Waals surface area (Å²) < 4.78 is 10.4. The number of amides is 3. The number of terminal acetylenes is 1. The summed E-state index contributed by atoms with van der Waals surface area (Å²) >= 11 is 0. The summed E-state index contributed by atoms with van der Waals surface area (Å²) in [7, 11) is 0. The number of hydrogen-bond donors (Lipinski definition) is 1. The monoisotopic (exact) mass is 517 g/mol. The predicted octanol–water partition coefficient (Wildman–Crippen LogP) is 3.28.